The third kappa shape index (κ3) is 3.63. The van der Waals surface area contributed by atoms with E-state index >= 15 is 0 Å². The Balaban J connectivity index is 2.07. The van der Waals surface area contributed by atoms with Gasteiger partial charge in [-0.1, -0.05) is 12.1 Å². The van der Waals surface area contributed by atoms with E-state index in [4.69, 9.17) is 5.73 Å². The largest absolute Gasteiger partial charge is 0.330 e. The van der Waals surface area contributed by atoms with Crippen LogP contribution in [0.15, 0.2) is 42.6 Å². The molecule has 0 unspecified atom stereocenters. The lowest BCUT2D eigenvalue weighted by atomic mass is 10.1. The average molecular weight is 255 g/mol. The van der Waals surface area contributed by atoms with Crippen molar-refractivity contribution in [1.29, 1.82) is 0 Å². The van der Waals surface area contributed by atoms with Crippen LogP contribution in [-0.2, 0) is 6.42 Å². The molecule has 2 aromatic rings. The second-order valence-corrected chi connectivity index (χ2v) is 4.38. The maximum Gasteiger partial charge on any atom is 0.255 e. The molecule has 0 saturated carbocycles. The topological polar surface area (TPSA) is 68.0 Å². The molecule has 0 bridgehead atoms. The van der Waals surface area contributed by atoms with Crippen LogP contribution in [-0.4, -0.2) is 17.4 Å². The second-order valence-electron chi connectivity index (χ2n) is 4.38. The van der Waals surface area contributed by atoms with E-state index in [1.807, 2.05) is 37.3 Å². The number of aromatic nitrogens is 1. The van der Waals surface area contributed by atoms with Gasteiger partial charge in [0.25, 0.3) is 5.91 Å². The molecule has 1 aromatic carbocycles. The number of nitrogens with one attached hydrogen (secondary N) is 1. The average Bonchev–Trinajstić information content (AvgIpc) is 2.40. The molecule has 0 spiro atoms. The number of benzene rings is 1. The van der Waals surface area contributed by atoms with Crippen molar-refractivity contribution >= 4 is 11.6 Å². The summed E-state index contributed by atoms with van der Waals surface area (Å²) in [5, 5.41) is 2.85. The Morgan fingerprint density at radius 1 is 1.26 bits per heavy atom. The van der Waals surface area contributed by atoms with E-state index in [0.29, 0.717) is 12.1 Å². The third-order valence-electron chi connectivity index (χ3n) is 2.80. The highest BCUT2D eigenvalue weighted by Gasteiger charge is 2.06. The Hall–Kier alpha value is -2.20. The summed E-state index contributed by atoms with van der Waals surface area (Å²) in [5.41, 5.74) is 8.89. The molecule has 0 aliphatic rings. The minimum Gasteiger partial charge on any atom is -0.330 e. The van der Waals surface area contributed by atoms with Crippen LogP contribution < -0.4 is 11.1 Å². The van der Waals surface area contributed by atoms with E-state index in [9.17, 15) is 4.79 Å². The van der Waals surface area contributed by atoms with Gasteiger partial charge in [0.1, 0.15) is 0 Å². The number of anilines is 1. The van der Waals surface area contributed by atoms with Gasteiger partial charge in [-0.2, -0.15) is 0 Å². The predicted molar refractivity (Wildman–Crippen MR) is 76.1 cm³/mol. The fourth-order valence-corrected chi connectivity index (χ4v) is 1.82. The van der Waals surface area contributed by atoms with Crippen LogP contribution in [0.3, 0.4) is 0 Å². The Kier molecular flexibility index (Phi) is 4.26. The van der Waals surface area contributed by atoms with Crippen LogP contribution in [0.2, 0.25) is 0 Å². The summed E-state index contributed by atoms with van der Waals surface area (Å²) in [5.74, 6) is -0.120. The van der Waals surface area contributed by atoms with E-state index in [2.05, 4.69) is 10.3 Å². The fraction of sp³-hybridized carbons (Fsp3) is 0.200. The summed E-state index contributed by atoms with van der Waals surface area (Å²) in [6, 6.07) is 11.1. The van der Waals surface area contributed by atoms with Crippen molar-refractivity contribution in [3.63, 3.8) is 0 Å². The first kappa shape index (κ1) is 13.2. The van der Waals surface area contributed by atoms with Gasteiger partial charge in [-0.25, -0.2) is 0 Å². The maximum absolute atomic E-state index is 12.0. The summed E-state index contributed by atoms with van der Waals surface area (Å²) in [6.45, 7) is 2.50. The quantitative estimate of drug-likeness (QED) is 0.879. The predicted octanol–water partition coefficient (Wildman–Crippen LogP) is 2.14. The van der Waals surface area contributed by atoms with Gasteiger partial charge in [-0.3, -0.25) is 9.78 Å². The lowest BCUT2D eigenvalue weighted by Gasteiger charge is -2.06. The number of amides is 1. The highest BCUT2D eigenvalue weighted by Crippen LogP contribution is 2.11. The third-order valence-corrected chi connectivity index (χ3v) is 2.80. The van der Waals surface area contributed by atoms with Crippen LogP contribution in [0.4, 0.5) is 5.69 Å². The number of hydrogen-bond donors (Lipinski definition) is 2. The first-order valence-electron chi connectivity index (χ1n) is 6.22. The molecule has 0 aliphatic heterocycles. The number of carbonyl (C=O) groups excluding carboxylic acids is 1. The Morgan fingerprint density at radius 2 is 2.00 bits per heavy atom. The lowest BCUT2D eigenvalue weighted by Crippen LogP contribution is -2.12. The van der Waals surface area contributed by atoms with E-state index in [0.717, 1.165) is 23.4 Å². The van der Waals surface area contributed by atoms with Crippen LogP contribution in [0.5, 0.6) is 0 Å². The van der Waals surface area contributed by atoms with E-state index in [1.165, 1.54) is 0 Å². The number of aryl methyl sites for hydroxylation is 1. The van der Waals surface area contributed by atoms with Gasteiger partial charge in [-0.05, 0) is 49.7 Å². The van der Waals surface area contributed by atoms with Crippen molar-refractivity contribution in [1.82, 2.24) is 4.98 Å². The highest BCUT2D eigenvalue weighted by molar-refractivity contribution is 6.04. The number of rotatable bonds is 4. The second kappa shape index (κ2) is 6.11. The van der Waals surface area contributed by atoms with Crippen LogP contribution in [0.1, 0.15) is 21.6 Å². The zero-order valence-electron chi connectivity index (χ0n) is 10.9. The van der Waals surface area contributed by atoms with Gasteiger partial charge in [0, 0.05) is 23.1 Å². The molecule has 4 nitrogen and oxygen atoms in total. The molecule has 0 radical (unpaired) electrons. The monoisotopic (exact) mass is 255 g/mol. The molecule has 1 heterocycles. The van der Waals surface area contributed by atoms with Gasteiger partial charge in [-0.15, -0.1) is 0 Å². The minimum atomic E-state index is -0.120. The number of pyridine rings is 1. The van der Waals surface area contributed by atoms with E-state index < -0.39 is 0 Å². The first-order valence-corrected chi connectivity index (χ1v) is 6.22. The Morgan fingerprint density at radius 3 is 2.63 bits per heavy atom. The van der Waals surface area contributed by atoms with Gasteiger partial charge >= 0.3 is 0 Å². The van der Waals surface area contributed by atoms with Crippen molar-refractivity contribution in [2.75, 3.05) is 11.9 Å². The van der Waals surface area contributed by atoms with Gasteiger partial charge in [0.15, 0.2) is 0 Å². The fourth-order valence-electron chi connectivity index (χ4n) is 1.82. The van der Waals surface area contributed by atoms with Crippen LogP contribution in [0.25, 0.3) is 0 Å². The number of nitrogens with two attached hydrogens (primary N) is 1. The van der Waals surface area contributed by atoms with Crippen molar-refractivity contribution in [3.05, 3.63) is 59.4 Å². The van der Waals surface area contributed by atoms with Crippen LogP contribution in [0, 0.1) is 6.92 Å². The van der Waals surface area contributed by atoms with Crippen molar-refractivity contribution in [3.8, 4) is 0 Å². The van der Waals surface area contributed by atoms with E-state index in [-0.39, 0.29) is 5.91 Å². The number of carbonyl (C=O) groups is 1. The van der Waals surface area contributed by atoms with Gasteiger partial charge in [0.2, 0.25) is 0 Å². The molecule has 0 fully saturated rings. The van der Waals surface area contributed by atoms with Crippen molar-refractivity contribution in [2.24, 2.45) is 5.73 Å². The summed E-state index contributed by atoms with van der Waals surface area (Å²) in [6.07, 6.45) is 2.50. The van der Waals surface area contributed by atoms with Gasteiger partial charge in [0.05, 0.1) is 0 Å². The lowest BCUT2D eigenvalue weighted by molar-refractivity contribution is 0.102. The molecule has 3 N–H and O–H groups in total. The normalized spacial score (nSPS) is 10.2. The molecule has 4 heteroatoms. The summed E-state index contributed by atoms with van der Waals surface area (Å²) in [4.78, 5) is 16.1. The molecule has 0 saturated heterocycles. The van der Waals surface area contributed by atoms with Crippen LogP contribution >= 0.6 is 0 Å². The zero-order chi connectivity index (χ0) is 13.7. The van der Waals surface area contributed by atoms with Gasteiger partial charge < -0.3 is 11.1 Å². The number of hydrogen-bond acceptors (Lipinski definition) is 3. The first-order chi connectivity index (χ1) is 9.19. The molecule has 19 heavy (non-hydrogen) atoms. The van der Waals surface area contributed by atoms with Crippen molar-refractivity contribution < 1.29 is 4.79 Å². The van der Waals surface area contributed by atoms with E-state index in [1.54, 1.807) is 12.3 Å². The summed E-state index contributed by atoms with van der Waals surface area (Å²) < 4.78 is 0. The summed E-state index contributed by atoms with van der Waals surface area (Å²) in [7, 11) is 0. The van der Waals surface area contributed by atoms with Crippen molar-refractivity contribution in [2.45, 2.75) is 13.3 Å². The maximum atomic E-state index is 12.0. The standard InChI is InChI=1S/C15H17N3O/c1-11-10-14(7-9-17-11)18-15(19)13-4-2-12(3-5-13)6-8-16/h2-5,7,9-10H,6,8,16H2,1H3,(H,17,18,19). The highest BCUT2D eigenvalue weighted by atomic mass is 16.1. The smallest absolute Gasteiger partial charge is 0.255 e. The summed E-state index contributed by atoms with van der Waals surface area (Å²) >= 11 is 0. The molecule has 1 aromatic heterocycles. The number of nitrogens with zero attached hydrogens (tertiary/aromatic N) is 1. The molecule has 0 aliphatic carbocycles. The molecule has 0 atom stereocenters. The Labute approximate surface area is 112 Å². The zero-order valence-corrected chi connectivity index (χ0v) is 10.9. The molecular weight excluding hydrogens is 238 g/mol. The molecule has 98 valence electrons. The SMILES string of the molecule is Cc1cc(NC(=O)c2ccc(CCN)cc2)ccn1. The molecule has 2 rings (SSSR count). The Bertz CT molecular complexity index is 564. The minimum absolute atomic E-state index is 0.120. The molecular formula is C15H17N3O. The molecule has 1 amide bonds.